The Balaban J connectivity index is 4.42. The topological polar surface area (TPSA) is 46.5 Å². The summed E-state index contributed by atoms with van der Waals surface area (Å²) in [6.45, 7) is 10.5. The fraction of sp³-hybridized carbons (Fsp3) is 1.00. The predicted octanol–water partition coefficient (Wildman–Crippen LogP) is 13.7. The van der Waals surface area contributed by atoms with Gasteiger partial charge in [0, 0.05) is 6.66 Å². The van der Waals surface area contributed by atoms with Crippen LogP contribution in [0, 0.1) is 0 Å². The lowest BCUT2D eigenvalue weighted by atomic mass is 10.0. The normalized spacial score (nSPS) is 15.0. The Morgan fingerprint density at radius 1 is 0.525 bits per heavy atom. The van der Waals surface area contributed by atoms with Crippen molar-refractivity contribution in [3.8, 4) is 0 Å². The molecule has 0 spiro atoms. The molecular formula is C35H75O3P2+. The quantitative estimate of drug-likeness (QED) is 0.0613. The molecule has 0 amide bonds. The molecule has 0 heterocycles. The van der Waals surface area contributed by atoms with Gasteiger partial charge in [0.25, 0.3) is 0 Å². The third-order valence-electron chi connectivity index (χ3n) is 8.85. The van der Waals surface area contributed by atoms with Crippen LogP contribution in [0.15, 0.2) is 0 Å². The highest BCUT2D eigenvalue weighted by Crippen LogP contribution is 2.71. The van der Waals surface area contributed by atoms with Crippen LogP contribution in [-0.2, 0) is 8.88 Å². The van der Waals surface area contributed by atoms with Crippen LogP contribution in [0.4, 0.5) is 0 Å². The number of unbranched alkanes of at least 4 members (excludes halogenated alkanes) is 23. The van der Waals surface area contributed by atoms with E-state index in [0.717, 1.165) is 19.0 Å². The van der Waals surface area contributed by atoms with Crippen molar-refractivity contribution >= 4 is 15.1 Å². The summed E-state index contributed by atoms with van der Waals surface area (Å²) < 4.78 is 18.5. The van der Waals surface area contributed by atoms with Crippen molar-refractivity contribution in [1.29, 1.82) is 0 Å². The molecule has 0 aromatic rings. The Morgan fingerprint density at radius 2 is 0.800 bits per heavy atom. The molecule has 0 saturated carbocycles. The second-order valence-corrected chi connectivity index (χ2v) is 18.9. The lowest BCUT2D eigenvalue weighted by molar-refractivity contribution is 0.391. The first-order valence-electron chi connectivity index (χ1n) is 18.2. The zero-order valence-corrected chi connectivity index (χ0v) is 30.0. The van der Waals surface area contributed by atoms with Crippen LogP contribution in [0.1, 0.15) is 201 Å². The van der Waals surface area contributed by atoms with Crippen molar-refractivity contribution < 1.29 is 13.8 Å². The average molecular weight is 606 g/mol. The Labute approximate surface area is 254 Å². The van der Waals surface area contributed by atoms with Crippen LogP contribution < -0.4 is 0 Å². The molecule has 0 fully saturated rings. The van der Waals surface area contributed by atoms with Crippen LogP contribution in [-0.4, -0.2) is 30.0 Å². The molecule has 0 bridgehead atoms. The first-order valence-corrected chi connectivity index (χ1v) is 22.6. The third kappa shape index (κ3) is 26.2. The Bertz CT molecular complexity index is 537. The largest absolute Gasteiger partial charge is 0.358 e. The molecular weight excluding hydrogens is 530 g/mol. The van der Waals surface area contributed by atoms with E-state index in [0.29, 0.717) is 5.66 Å². The van der Waals surface area contributed by atoms with Crippen LogP contribution in [0.5, 0.6) is 0 Å². The monoisotopic (exact) mass is 606 g/mol. The first-order chi connectivity index (χ1) is 19.3. The van der Waals surface area contributed by atoms with Crippen LogP contribution in [0.3, 0.4) is 0 Å². The van der Waals surface area contributed by atoms with E-state index in [4.69, 9.17) is 4.31 Å². The van der Waals surface area contributed by atoms with E-state index < -0.39 is 15.1 Å². The molecule has 0 aromatic heterocycles. The predicted molar refractivity (Wildman–Crippen MR) is 185 cm³/mol. The summed E-state index contributed by atoms with van der Waals surface area (Å²) in [5.74, 6) is 0. The molecule has 242 valence electrons. The van der Waals surface area contributed by atoms with E-state index in [1.807, 2.05) is 0 Å². The van der Waals surface area contributed by atoms with Crippen molar-refractivity contribution in [2.45, 2.75) is 206 Å². The second kappa shape index (κ2) is 28.4. The van der Waals surface area contributed by atoms with Gasteiger partial charge in [0.1, 0.15) is 0 Å². The van der Waals surface area contributed by atoms with E-state index in [2.05, 4.69) is 27.4 Å². The summed E-state index contributed by atoms with van der Waals surface area (Å²) in [7, 11) is -5.37. The smallest absolute Gasteiger partial charge is 0.322 e. The van der Waals surface area contributed by atoms with E-state index in [1.165, 1.54) is 174 Å². The lowest BCUT2D eigenvalue weighted by Crippen LogP contribution is -2.18. The summed E-state index contributed by atoms with van der Waals surface area (Å²) in [5.41, 5.74) is 0.491. The molecule has 40 heavy (non-hydrogen) atoms. The molecule has 0 aliphatic heterocycles. The molecule has 2 atom stereocenters. The van der Waals surface area contributed by atoms with Gasteiger partial charge >= 0.3 is 7.60 Å². The van der Waals surface area contributed by atoms with Gasteiger partial charge in [0.05, 0.1) is 18.5 Å². The third-order valence-corrected chi connectivity index (χ3v) is 14.8. The van der Waals surface area contributed by atoms with Crippen molar-refractivity contribution in [1.82, 2.24) is 0 Å². The van der Waals surface area contributed by atoms with Gasteiger partial charge in [-0.15, -0.1) is 0 Å². The van der Waals surface area contributed by atoms with E-state index >= 15 is 0 Å². The van der Waals surface area contributed by atoms with E-state index in [9.17, 15) is 9.46 Å². The fourth-order valence-electron chi connectivity index (χ4n) is 6.24. The maximum absolute atomic E-state index is 12.4. The summed E-state index contributed by atoms with van der Waals surface area (Å²) in [6.07, 6.45) is 38.6. The van der Waals surface area contributed by atoms with Gasteiger partial charge < -0.3 is 4.89 Å². The molecule has 5 heteroatoms. The molecule has 0 rings (SSSR count). The molecule has 0 aliphatic carbocycles. The Hall–Kier alpha value is 0.580. The van der Waals surface area contributed by atoms with Gasteiger partial charge in [0.2, 0.25) is 0 Å². The molecule has 2 unspecified atom stereocenters. The van der Waals surface area contributed by atoms with Gasteiger partial charge in [-0.05, 0) is 32.1 Å². The number of hydrogen-bond acceptors (Lipinski definition) is 2. The minimum atomic E-state index is -3.47. The second-order valence-electron chi connectivity index (χ2n) is 13.1. The highest BCUT2D eigenvalue weighted by molar-refractivity contribution is 7.77. The number of rotatable bonds is 32. The van der Waals surface area contributed by atoms with Crippen LogP contribution >= 0.6 is 15.1 Å². The molecule has 0 saturated heterocycles. The van der Waals surface area contributed by atoms with Crippen LogP contribution in [0.25, 0.3) is 0 Å². The van der Waals surface area contributed by atoms with E-state index in [1.54, 1.807) is 0 Å². The maximum Gasteiger partial charge on any atom is 0.358 e. The molecule has 3 nitrogen and oxygen atoms in total. The summed E-state index contributed by atoms with van der Waals surface area (Å²) in [5, 5.41) is 0. The zero-order valence-electron chi connectivity index (χ0n) is 28.2. The van der Waals surface area contributed by atoms with Crippen molar-refractivity contribution in [3.63, 3.8) is 0 Å². The highest BCUT2D eigenvalue weighted by Gasteiger charge is 2.46. The van der Waals surface area contributed by atoms with Gasteiger partial charge in [-0.25, -0.2) is 0 Å². The van der Waals surface area contributed by atoms with Gasteiger partial charge in [-0.2, -0.15) is 4.31 Å². The van der Waals surface area contributed by atoms with Crippen LogP contribution in [0.2, 0.25) is 0 Å². The zero-order chi connectivity index (χ0) is 29.8. The molecule has 1 N–H and O–H groups in total. The van der Waals surface area contributed by atoms with E-state index in [-0.39, 0.29) is 0 Å². The van der Waals surface area contributed by atoms with Gasteiger partial charge in [0.15, 0.2) is 7.49 Å². The minimum Gasteiger partial charge on any atom is -0.322 e. The lowest BCUT2D eigenvalue weighted by Gasteiger charge is -2.31. The van der Waals surface area contributed by atoms with Gasteiger partial charge in [-0.3, -0.25) is 4.57 Å². The van der Waals surface area contributed by atoms with Crippen molar-refractivity contribution in [2.75, 3.05) is 19.5 Å². The SMILES string of the molecule is CCCCCCCCCCCCCCC(CCCCCCCCCCCCCC)[P+](C)(CCCC)OP(C)(=O)O. The molecule has 0 aliphatic rings. The Kier molecular flexibility index (Phi) is 28.8. The summed E-state index contributed by atoms with van der Waals surface area (Å²) in [4.78, 5) is 10.2. The first kappa shape index (κ1) is 40.6. The van der Waals surface area contributed by atoms with Gasteiger partial charge in [-0.1, -0.05) is 168 Å². The van der Waals surface area contributed by atoms with Crippen molar-refractivity contribution in [3.05, 3.63) is 0 Å². The minimum absolute atomic E-state index is 0.491. The maximum atomic E-state index is 12.4. The summed E-state index contributed by atoms with van der Waals surface area (Å²) in [6, 6.07) is 0. The average Bonchev–Trinajstić information content (AvgIpc) is 2.91. The fourth-order valence-corrected chi connectivity index (χ4v) is 12.6. The molecule has 0 radical (unpaired) electrons. The standard InChI is InChI=1S/C35H74O3P2/c1-6-9-12-14-16-18-20-22-24-26-28-30-32-35(39(4,34-11-8-3)38-40(5,36)37)33-31-29-27-25-23-21-19-17-15-13-10-7-2/h35H,6-34H2,1-5H3/p+1. The Morgan fingerprint density at radius 3 is 1.07 bits per heavy atom. The van der Waals surface area contributed by atoms with Crippen molar-refractivity contribution in [2.24, 2.45) is 0 Å². The summed E-state index contributed by atoms with van der Waals surface area (Å²) >= 11 is 0. The molecule has 0 aromatic carbocycles. The number of hydrogen-bond donors (Lipinski definition) is 1. The highest BCUT2D eigenvalue weighted by atomic mass is 31.3.